The highest BCUT2D eigenvalue weighted by Crippen LogP contribution is 2.36. The maximum Gasteiger partial charge on any atom is 0.363 e. The van der Waals surface area contributed by atoms with E-state index in [1.807, 2.05) is 79.7 Å². The lowest BCUT2D eigenvalue weighted by atomic mass is 10.1. The number of benzene rings is 3. The SMILES string of the molecule is CCOc1cc(/C=C2\N=C(c3ccccc3)OC2=O)cc(I)c1OCc1ccccc1. The number of ether oxygens (including phenoxy) is 3. The van der Waals surface area contributed by atoms with Crippen molar-refractivity contribution in [1.82, 2.24) is 0 Å². The Balaban J connectivity index is 1.61. The Morgan fingerprint density at radius 2 is 1.71 bits per heavy atom. The fourth-order valence-corrected chi connectivity index (χ4v) is 3.86. The van der Waals surface area contributed by atoms with Gasteiger partial charge in [0.2, 0.25) is 5.90 Å². The van der Waals surface area contributed by atoms with Crippen molar-refractivity contribution in [3.8, 4) is 11.5 Å². The van der Waals surface area contributed by atoms with Gasteiger partial charge in [-0.25, -0.2) is 9.79 Å². The van der Waals surface area contributed by atoms with Crippen LogP contribution in [-0.2, 0) is 16.1 Å². The van der Waals surface area contributed by atoms with E-state index in [2.05, 4.69) is 27.6 Å². The van der Waals surface area contributed by atoms with Crippen LogP contribution in [0.15, 0.2) is 83.5 Å². The van der Waals surface area contributed by atoms with Crippen LogP contribution in [0, 0.1) is 3.57 Å². The molecule has 0 saturated carbocycles. The summed E-state index contributed by atoms with van der Waals surface area (Å²) in [5.41, 5.74) is 2.86. The molecule has 4 rings (SSSR count). The third kappa shape index (κ3) is 5.14. The van der Waals surface area contributed by atoms with Crippen molar-refractivity contribution >= 4 is 40.5 Å². The van der Waals surface area contributed by atoms with Gasteiger partial charge in [0.15, 0.2) is 17.2 Å². The molecule has 3 aromatic carbocycles. The number of nitrogens with zero attached hydrogens (tertiary/aromatic N) is 1. The molecule has 0 spiro atoms. The van der Waals surface area contributed by atoms with E-state index in [4.69, 9.17) is 14.2 Å². The zero-order valence-corrected chi connectivity index (χ0v) is 19.0. The summed E-state index contributed by atoms with van der Waals surface area (Å²) in [6, 6.07) is 23.1. The number of carbonyl (C=O) groups is 1. The van der Waals surface area contributed by atoms with Gasteiger partial charge in [-0.2, -0.15) is 0 Å². The van der Waals surface area contributed by atoms with Gasteiger partial charge in [-0.15, -0.1) is 0 Å². The third-order valence-electron chi connectivity index (χ3n) is 4.50. The van der Waals surface area contributed by atoms with Crippen molar-refractivity contribution in [1.29, 1.82) is 0 Å². The van der Waals surface area contributed by atoms with Crippen LogP contribution >= 0.6 is 22.6 Å². The highest BCUT2D eigenvalue weighted by molar-refractivity contribution is 14.1. The van der Waals surface area contributed by atoms with Gasteiger partial charge in [0.25, 0.3) is 0 Å². The van der Waals surface area contributed by atoms with Crippen LogP contribution in [-0.4, -0.2) is 18.5 Å². The van der Waals surface area contributed by atoms with Gasteiger partial charge in [0.05, 0.1) is 10.2 Å². The Morgan fingerprint density at radius 3 is 2.42 bits per heavy atom. The zero-order valence-electron chi connectivity index (χ0n) is 16.9. The molecule has 0 radical (unpaired) electrons. The van der Waals surface area contributed by atoms with Gasteiger partial charge in [-0.05, 0) is 71.0 Å². The number of hydrogen-bond acceptors (Lipinski definition) is 5. The number of carbonyl (C=O) groups excluding carboxylic acids is 1. The van der Waals surface area contributed by atoms with E-state index in [1.54, 1.807) is 6.08 Å². The molecule has 0 fully saturated rings. The number of cyclic esters (lactones) is 1. The van der Waals surface area contributed by atoms with Crippen molar-refractivity contribution in [2.24, 2.45) is 4.99 Å². The molecule has 1 heterocycles. The average molecular weight is 525 g/mol. The molecule has 6 heteroatoms. The summed E-state index contributed by atoms with van der Waals surface area (Å²) in [6.07, 6.45) is 1.70. The average Bonchev–Trinajstić information content (AvgIpc) is 3.15. The summed E-state index contributed by atoms with van der Waals surface area (Å²) in [4.78, 5) is 16.7. The van der Waals surface area contributed by atoms with Crippen molar-refractivity contribution in [3.05, 3.63) is 98.8 Å². The molecule has 0 aliphatic carbocycles. The fraction of sp³-hybridized carbons (Fsp3) is 0.120. The summed E-state index contributed by atoms with van der Waals surface area (Å²) in [7, 11) is 0. The first-order valence-corrected chi connectivity index (χ1v) is 10.9. The molecule has 1 aliphatic heterocycles. The monoisotopic (exact) mass is 525 g/mol. The highest BCUT2D eigenvalue weighted by atomic mass is 127. The predicted molar refractivity (Wildman–Crippen MR) is 128 cm³/mol. The largest absolute Gasteiger partial charge is 0.490 e. The first-order chi connectivity index (χ1) is 15.1. The van der Waals surface area contributed by atoms with Gasteiger partial charge in [0.1, 0.15) is 6.61 Å². The number of esters is 1. The number of rotatable bonds is 7. The topological polar surface area (TPSA) is 57.1 Å². The molecule has 0 aromatic heterocycles. The van der Waals surface area contributed by atoms with Crippen molar-refractivity contribution in [2.75, 3.05) is 6.61 Å². The zero-order chi connectivity index (χ0) is 21.6. The second-order valence-corrected chi connectivity index (χ2v) is 7.90. The number of aliphatic imine (C=N–C) groups is 1. The third-order valence-corrected chi connectivity index (χ3v) is 5.30. The first kappa shape index (κ1) is 21.1. The summed E-state index contributed by atoms with van der Waals surface area (Å²) < 4.78 is 18.1. The van der Waals surface area contributed by atoms with E-state index in [0.717, 1.165) is 20.3 Å². The van der Waals surface area contributed by atoms with Crippen LogP contribution in [0.1, 0.15) is 23.6 Å². The van der Waals surface area contributed by atoms with E-state index < -0.39 is 5.97 Å². The minimum Gasteiger partial charge on any atom is -0.490 e. The summed E-state index contributed by atoms with van der Waals surface area (Å²) >= 11 is 2.21. The molecule has 0 bridgehead atoms. The molecule has 3 aromatic rings. The normalized spacial score (nSPS) is 14.3. The lowest BCUT2D eigenvalue weighted by Gasteiger charge is -2.15. The Labute approximate surface area is 194 Å². The number of halogens is 1. The van der Waals surface area contributed by atoms with Crippen LogP contribution in [0.2, 0.25) is 0 Å². The molecule has 156 valence electrons. The summed E-state index contributed by atoms with van der Waals surface area (Å²) in [5, 5.41) is 0. The van der Waals surface area contributed by atoms with Crippen molar-refractivity contribution < 1.29 is 19.0 Å². The minimum atomic E-state index is -0.476. The van der Waals surface area contributed by atoms with Gasteiger partial charge in [0, 0.05) is 5.56 Å². The molecule has 0 amide bonds. The minimum absolute atomic E-state index is 0.245. The van der Waals surface area contributed by atoms with E-state index in [0.29, 0.717) is 30.6 Å². The van der Waals surface area contributed by atoms with Crippen LogP contribution in [0.5, 0.6) is 11.5 Å². The predicted octanol–water partition coefficient (Wildman–Crippen LogP) is 5.61. The Morgan fingerprint density at radius 1 is 1.00 bits per heavy atom. The van der Waals surface area contributed by atoms with E-state index in [-0.39, 0.29) is 5.70 Å². The molecule has 1 aliphatic rings. The first-order valence-electron chi connectivity index (χ1n) is 9.85. The van der Waals surface area contributed by atoms with E-state index in [1.165, 1.54) is 0 Å². The lowest BCUT2D eigenvalue weighted by molar-refractivity contribution is -0.129. The molecule has 5 nitrogen and oxygen atoms in total. The summed E-state index contributed by atoms with van der Waals surface area (Å²) in [6.45, 7) is 2.86. The molecule has 31 heavy (non-hydrogen) atoms. The van der Waals surface area contributed by atoms with Crippen LogP contribution in [0.25, 0.3) is 6.08 Å². The maximum absolute atomic E-state index is 12.3. The second-order valence-electron chi connectivity index (χ2n) is 6.74. The standard InChI is InChI=1S/C25H20INO4/c1-2-29-22-15-18(13-20(26)23(22)30-16-17-9-5-3-6-10-17)14-21-25(28)31-24(27-21)19-11-7-4-8-12-19/h3-15H,2,16H2,1H3/b21-14-. The Bertz CT molecular complexity index is 1140. The van der Waals surface area contributed by atoms with Crippen molar-refractivity contribution in [2.45, 2.75) is 13.5 Å². The van der Waals surface area contributed by atoms with Crippen LogP contribution in [0.3, 0.4) is 0 Å². The van der Waals surface area contributed by atoms with Gasteiger partial charge in [-0.3, -0.25) is 0 Å². The molecule has 0 unspecified atom stereocenters. The van der Waals surface area contributed by atoms with Gasteiger partial charge in [-0.1, -0.05) is 48.5 Å². The maximum atomic E-state index is 12.3. The lowest BCUT2D eigenvalue weighted by Crippen LogP contribution is -2.05. The van der Waals surface area contributed by atoms with Crippen LogP contribution in [0.4, 0.5) is 0 Å². The molecule has 0 N–H and O–H groups in total. The molecular formula is C25H20INO4. The van der Waals surface area contributed by atoms with Crippen LogP contribution < -0.4 is 9.47 Å². The molecule has 0 saturated heterocycles. The van der Waals surface area contributed by atoms with Crippen molar-refractivity contribution in [3.63, 3.8) is 0 Å². The Hall–Kier alpha value is -3.13. The highest BCUT2D eigenvalue weighted by Gasteiger charge is 2.24. The summed E-state index contributed by atoms with van der Waals surface area (Å²) in [5.74, 6) is 1.13. The molecular weight excluding hydrogens is 505 g/mol. The quantitative estimate of drug-likeness (QED) is 0.229. The molecule has 0 atom stereocenters. The van der Waals surface area contributed by atoms with E-state index >= 15 is 0 Å². The number of hydrogen-bond donors (Lipinski definition) is 0. The van der Waals surface area contributed by atoms with Gasteiger partial charge < -0.3 is 14.2 Å². The fourth-order valence-electron chi connectivity index (χ4n) is 3.08. The Kier molecular flexibility index (Phi) is 6.66. The smallest absolute Gasteiger partial charge is 0.363 e. The van der Waals surface area contributed by atoms with Gasteiger partial charge >= 0.3 is 5.97 Å². The van der Waals surface area contributed by atoms with E-state index in [9.17, 15) is 4.79 Å². The second kappa shape index (κ2) is 9.78.